The summed E-state index contributed by atoms with van der Waals surface area (Å²) >= 11 is 0. The van der Waals surface area contributed by atoms with E-state index < -0.39 is 20.0 Å². The van der Waals surface area contributed by atoms with Crippen LogP contribution in [0.4, 0.5) is 0 Å². The molecule has 8 nitrogen and oxygen atoms in total. The van der Waals surface area contributed by atoms with Gasteiger partial charge in [0.25, 0.3) is 5.91 Å². The Morgan fingerprint density at radius 3 is 1.90 bits per heavy atom. The molecule has 0 heterocycles. The van der Waals surface area contributed by atoms with Gasteiger partial charge in [-0.3, -0.25) is 4.79 Å². The fourth-order valence-corrected chi connectivity index (χ4v) is 4.28. The minimum atomic E-state index is -3.76. The third kappa shape index (κ3) is 6.10. The molecule has 0 unspecified atom stereocenters. The fourth-order valence-electron chi connectivity index (χ4n) is 2.73. The molecular formula is C19H25N3O5S2. The van der Waals surface area contributed by atoms with Crippen molar-refractivity contribution in [3.05, 3.63) is 59.7 Å². The topological polar surface area (TPSA) is 127 Å². The van der Waals surface area contributed by atoms with Crippen molar-refractivity contribution in [3.63, 3.8) is 0 Å². The number of nitrogens with two attached hydrogens (primary N) is 1. The van der Waals surface area contributed by atoms with Crippen LogP contribution in [0.2, 0.25) is 0 Å². The van der Waals surface area contributed by atoms with E-state index in [0.717, 1.165) is 5.56 Å². The lowest BCUT2D eigenvalue weighted by Gasteiger charge is -2.18. The summed E-state index contributed by atoms with van der Waals surface area (Å²) in [4.78, 5) is 14.0. The van der Waals surface area contributed by atoms with E-state index >= 15 is 0 Å². The average molecular weight is 440 g/mol. The zero-order valence-electron chi connectivity index (χ0n) is 16.3. The number of benzene rings is 2. The Bertz CT molecular complexity index is 1040. The number of nitrogens with one attached hydrogen (secondary N) is 1. The third-order valence-corrected chi connectivity index (χ3v) is 6.83. The highest BCUT2D eigenvalue weighted by Gasteiger charge is 2.16. The summed E-state index contributed by atoms with van der Waals surface area (Å²) in [6.45, 7) is 5.06. The van der Waals surface area contributed by atoms with Crippen molar-refractivity contribution >= 4 is 26.0 Å². The Kier molecular flexibility index (Phi) is 7.53. The Morgan fingerprint density at radius 1 is 0.897 bits per heavy atom. The predicted octanol–water partition coefficient (Wildman–Crippen LogP) is 1.34. The van der Waals surface area contributed by atoms with Gasteiger partial charge in [-0.25, -0.2) is 26.7 Å². The molecule has 0 saturated heterocycles. The zero-order chi connectivity index (χ0) is 21.7. The summed E-state index contributed by atoms with van der Waals surface area (Å²) in [5.74, 6) is -0.144. The van der Waals surface area contributed by atoms with Crippen LogP contribution in [0.3, 0.4) is 0 Å². The third-order valence-electron chi connectivity index (χ3n) is 4.42. The number of nitrogens with zero attached hydrogens (tertiary/aromatic N) is 1. The Labute approximate surface area is 171 Å². The van der Waals surface area contributed by atoms with Crippen LogP contribution in [-0.2, 0) is 26.5 Å². The van der Waals surface area contributed by atoms with Gasteiger partial charge in [-0.05, 0) is 62.2 Å². The lowest BCUT2D eigenvalue weighted by Crippen LogP contribution is -2.30. The van der Waals surface area contributed by atoms with E-state index in [1.165, 1.54) is 36.4 Å². The second-order valence-electron chi connectivity index (χ2n) is 6.34. The number of sulfonamides is 2. The second kappa shape index (κ2) is 9.49. The number of carbonyl (C=O) groups excluding carboxylic acids is 1. The zero-order valence-corrected chi connectivity index (χ0v) is 18.0. The van der Waals surface area contributed by atoms with E-state index in [4.69, 9.17) is 5.14 Å². The highest BCUT2D eigenvalue weighted by molar-refractivity contribution is 7.89. The molecule has 0 spiro atoms. The van der Waals surface area contributed by atoms with Gasteiger partial charge in [-0.1, -0.05) is 12.1 Å². The number of amides is 1. The predicted molar refractivity (Wildman–Crippen MR) is 110 cm³/mol. The summed E-state index contributed by atoms with van der Waals surface area (Å²) in [6, 6.07) is 11.7. The van der Waals surface area contributed by atoms with E-state index in [1.807, 2.05) is 13.8 Å². The van der Waals surface area contributed by atoms with E-state index in [2.05, 4.69) is 4.72 Å². The van der Waals surface area contributed by atoms with Crippen LogP contribution in [0, 0.1) is 0 Å². The first-order valence-corrected chi connectivity index (χ1v) is 12.1. The molecule has 2 rings (SSSR count). The minimum absolute atomic E-state index is 0.00109. The van der Waals surface area contributed by atoms with Crippen molar-refractivity contribution in [3.8, 4) is 0 Å². The van der Waals surface area contributed by atoms with Crippen LogP contribution in [-0.4, -0.2) is 47.3 Å². The van der Waals surface area contributed by atoms with E-state index in [-0.39, 0.29) is 22.2 Å². The van der Waals surface area contributed by atoms with Crippen LogP contribution in [0.25, 0.3) is 0 Å². The number of hydrogen-bond donors (Lipinski definition) is 2. The molecule has 0 saturated carbocycles. The average Bonchev–Trinajstić information content (AvgIpc) is 2.68. The molecule has 29 heavy (non-hydrogen) atoms. The van der Waals surface area contributed by atoms with Crippen molar-refractivity contribution in [2.45, 2.75) is 30.1 Å². The quantitative estimate of drug-likeness (QED) is 0.610. The fraction of sp³-hybridized carbons (Fsp3) is 0.316. The molecule has 2 aromatic rings. The lowest BCUT2D eigenvalue weighted by molar-refractivity contribution is 0.0773. The SMILES string of the molecule is CCN(CC)C(=O)c1ccc(S(=O)(=O)NCCc2ccc(S(N)(=O)=O)cc2)cc1. The van der Waals surface area contributed by atoms with Crippen molar-refractivity contribution in [1.29, 1.82) is 0 Å². The Balaban J connectivity index is 2.00. The number of primary sulfonamides is 1. The molecule has 0 bridgehead atoms. The van der Waals surface area contributed by atoms with Gasteiger partial charge in [0.1, 0.15) is 0 Å². The first-order chi connectivity index (χ1) is 13.6. The van der Waals surface area contributed by atoms with E-state index in [0.29, 0.717) is 25.1 Å². The van der Waals surface area contributed by atoms with Crippen LogP contribution in [0.15, 0.2) is 58.3 Å². The number of carbonyl (C=O) groups is 1. The lowest BCUT2D eigenvalue weighted by atomic mass is 10.2. The highest BCUT2D eigenvalue weighted by atomic mass is 32.2. The summed E-state index contributed by atoms with van der Waals surface area (Å²) in [5, 5.41) is 5.05. The van der Waals surface area contributed by atoms with Crippen molar-refractivity contribution in [2.24, 2.45) is 5.14 Å². The molecule has 0 aromatic heterocycles. The molecule has 2 aromatic carbocycles. The van der Waals surface area contributed by atoms with Crippen LogP contribution in [0.5, 0.6) is 0 Å². The summed E-state index contributed by atoms with van der Waals surface area (Å²) in [6.07, 6.45) is 0.378. The molecule has 0 aliphatic heterocycles. The van der Waals surface area contributed by atoms with E-state index in [1.54, 1.807) is 17.0 Å². The Morgan fingerprint density at radius 2 is 1.41 bits per heavy atom. The van der Waals surface area contributed by atoms with Gasteiger partial charge in [0.05, 0.1) is 9.79 Å². The van der Waals surface area contributed by atoms with Crippen molar-refractivity contribution in [2.75, 3.05) is 19.6 Å². The molecule has 10 heteroatoms. The van der Waals surface area contributed by atoms with Crippen molar-refractivity contribution in [1.82, 2.24) is 9.62 Å². The largest absolute Gasteiger partial charge is 0.339 e. The summed E-state index contributed by atoms with van der Waals surface area (Å²) < 4.78 is 49.9. The number of rotatable bonds is 9. The maximum atomic E-state index is 12.4. The molecule has 0 atom stereocenters. The van der Waals surface area contributed by atoms with Gasteiger partial charge in [-0.2, -0.15) is 0 Å². The summed E-state index contributed by atoms with van der Waals surface area (Å²) in [7, 11) is -7.48. The molecule has 0 radical (unpaired) electrons. The molecule has 158 valence electrons. The molecular weight excluding hydrogens is 414 g/mol. The molecule has 3 N–H and O–H groups in total. The van der Waals surface area contributed by atoms with Gasteiger partial charge in [0.2, 0.25) is 20.0 Å². The maximum Gasteiger partial charge on any atom is 0.253 e. The first-order valence-electron chi connectivity index (χ1n) is 9.09. The van der Waals surface area contributed by atoms with Crippen LogP contribution < -0.4 is 9.86 Å². The van der Waals surface area contributed by atoms with Gasteiger partial charge in [-0.15, -0.1) is 0 Å². The Hall–Kier alpha value is -2.27. The van der Waals surface area contributed by atoms with Crippen LogP contribution >= 0.6 is 0 Å². The number of hydrogen-bond acceptors (Lipinski definition) is 5. The van der Waals surface area contributed by atoms with E-state index in [9.17, 15) is 21.6 Å². The minimum Gasteiger partial charge on any atom is -0.339 e. The monoisotopic (exact) mass is 439 g/mol. The van der Waals surface area contributed by atoms with Gasteiger partial charge < -0.3 is 4.90 Å². The molecule has 0 fully saturated rings. The highest BCUT2D eigenvalue weighted by Crippen LogP contribution is 2.13. The summed E-state index contributed by atoms with van der Waals surface area (Å²) in [5.41, 5.74) is 1.20. The molecule has 1 amide bonds. The molecule has 0 aliphatic rings. The van der Waals surface area contributed by atoms with Crippen molar-refractivity contribution < 1.29 is 21.6 Å². The molecule has 0 aliphatic carbocycles. The second-order valence-corrected chi connectivity index (χ2v) is 9.67. The smallest absolute Gasteiger partial charge is 0.253 e. The maximum absolute atomic E-state index is 12.4. The normalized spacial score (nSPS) is 12.0. The van der Waals surface area contributed by atoms with Gasteiger partial charge >= 0.3 is 0 Å². The van der Waals surface area contributed by atoms with Gasteiger partial charge in [0.15, 0.2) is 0 Å². The first kappa shape index (κ1) is 23.0. The standard InChI is InChI=1S/C19H25N3O5S2/c1-3-22(4-2)19(23)16-7-11-18(12-8-16)29(26,27)21-14-13-15-5-9-17(10-6-15)28(20,24)25/h5-12,21H,3-4,13-14H2,1-2H3,(H2,20,24,25). The van der Waals surface area contributed by atoms with Crippen LogP contribution in [0.1, 0.15) is 29.8 Å². The van der Waals surface area contributed by atoms with Gasteiger partial charge in [0, 0.05) is 25.2 Å².